The van der Waals surface area contributed by atoms with Gasteiger partial charge in [-0.3, -0.25) is 14.9 Å². The third-order valence-corrected chi connectivity index (χ3v) is 17.6. The van der Waals surface area contributed by atoms with E-state index in [0.717, 1.165) is 24.0 Å². The molecule has 0 saturated carbocycles. The molecular formula is C51H69IN8O8Si. The van der Waals surface area contributed by atoms with Crippen molar-refractivity contribution in [3.63, 3.8) is 0 Å². The maximum atomic E-state index is 13.7. The quantitative estimate of drug-likeness (QED) is 0.0579. The molecule has 0 bridgehead atoms. The summed E-state index contributed by atoms with van der Waals surface area (Å²) in [6, 6.07) is 26.3. The third kappa shape index (κ3) is 12.8. The van der Waals surface area contributed by atoms with Crippen LogP contribution in [0.4, 0.5) is 26.1 Å². The Hall–Kier alpha value is -5.47. The molecule has 69 heavy (non-hydrogen) atoms. The first kappa shape index (κ1) is 52.9. The van der Waals surface area contributed by atoms with Crippen molar-refractivity contribution in [1.29, 1.82) is 0 Å². The minimum absolute atomic E-state index is 0.0671. The summed E-state index contributed by atoms with van der Waals surface area (Å²) in [5.74, 6) is 1.10. The number of benzene rings is 3. The van der Waals surface area contributed by atoms with Gasteiger partial charge in [-0.15, -0.1) is 0 Å². The number of amides is 3. The molecule has 1 unspecified atom stereocenters. The van der Waals surface area contributed by atoms with Crippen molar-refractivity contribution in [2.75, 3.05) is 51.1 Å². The van der Waals surface area contributed by atoms with E-state index in [1.54, 1.807) is 16.9 Å². The molecule has 16 nitrogen and oxygen atoms in total. The molecular weight excluding hydrogens is 1010 g/mol. The van der Waals surface area contributed by atoms with Gasteiger partial charge in [0.2, 0.25) is 5.95 Å². The van der Waals surface area contributed by atoms with Gasteiger partial charge in [0.05, 0.1) is 26.8 Å². The first-order valence-corrected chi connectivity index (χ1v) is 26.5. The van der Waals surface area contributed by atoms with Gasteiger partial charge in [-0.1, -0.05) is 107 Å². The van der Waals surface area contributed by atoms with Gasteiger partial charge in [-0.2, -0.15) is 10.1 Å². The molecule has 0 aliphatic carbocycles. The predicted octanol–water partition coefficient (Wildman–Crippen LogP) is 9.74. The smallest absolute Gasteiger partial charge is 0.413 e. The van der Waals surface area contributed by atoms with Crippen molar-refractivity contribution >= 4 is 82.4 Å². The van der Waals surface area contributed by atoms with E-state index in [9.17, 15) is 14.4 Å². The number of ether oxygens (including phenoxy) is 4. The zero-order chi connectivity index (χ0) is 50.3. The van der Waals surface area contributed by atoms with Crippen LogP contribution in [0.5, 0.6) is 5.75 Å². The lowest BCUT2D eigenvalue weighted by Gasteiger charge is -2.43. The van der Waals surface area contributed by atoms with Crippen LogP contribution in [0.25, 0.3) is 11.0 Å². The van der Waals surface area contributed by atoms with Crippen LogP contribution in [-0.2, 0) is 25.2 Å². The van der Waals surface area contributed by atoms with Crippen molar-refractivity contribution in [3.8, 4) is 5.75 Å². The van der Waals surface area contributed by atoms with E-state index >= 15 is 0 Å². The normalized spacial score (nSPS) is 15.1. The molecule has 0 radical (unpaired) electrons. The maximum Gasteiger partial charge on any atom is 0.413 e. The summed E-state index contributed by atoms with van der Waals surface area (Å²) in [6.45, 7) is 21.4. The molecule has 2 aromatic heterocycles. The van der Waals surface area contributed by atoms with Crippen LogP contribution in [0.2, 0.25) is 5.04 Å². The number of nitrogens with one attached hydrogen (secondary N) is 2. The Morgan fingerprint density at radius 3 is 2.01 bits per heavy atom. The highest BCUT2D eigenvalue weighted by Crippen LogP contribution is 2.38. The predicted molar refractivity (Wildman–Crippen MR) is 280 cm³/mol. The summed E-state index contributed by atoms with van der Waals surface area (Å²) >= 11 is 2.15. The number of anilines is 2. The number of hydrogen-bond donors (Lipinski definition) is 2. The van der Waals surface area contributed by atoms with Gasteiger partial charge in [0.1, 0.15) is 31.7 Å². The minimum Gasteiger partial charge on any atom is -0.496 e. The number of nitrogens with zero attached hydrogens (tertiary/aromatic N) is 6. The van der Waals surface area contributed by atoms with Crippen molar-refractivity contribution in [1.82, 2.24) is 29.5 Å². The van der Waals surface area contributed by atoms with E-state index in [2.05, 4.69) is 109 Å². The summed E-state index contributed by atoms with van der Waals surface area (Å²) < 4.78 is 32.3. The zero-order valence-electron chi connectivity index (χ0n) is 42.1. The number of carbonyl (C=O) groups is 3. The highest BCUT2D eigenvalue weighted by molar-refractivity contribution is 14.1. The molecule has 0 spiro atoms. The van der Waals surface area contributed by atoms with E-state index in [0.29, 0.717) is 39.3 Å². The van der Waals surface area contributed by atoms with Crippen molar-refractivity contribution in [3.05, 3.63) is 93.7 Å². The molecule has 5 aromatic rings. The fourth-order valence-corrected chi connectivity index (χ4v) is 14.0. The number of rotatable bonds is 15. The Morgan fingerprint density at radius 2 is 1.45 bits per heavy atom. The highest BCUT2D eigenvalue weighted by Gasteiger charge is 2.50. The van der Waals surface area contributed by atoms with Gasteiger partial charge in [0.25, 0.3) is 8.32 Å². The van der Waals surface area contributed by atoms with Crippen LogP contribution in [0, 0.1) is 3.70 Å². The summed E-state index contributed by atoms with van der Waals surface area (Å²) in [5.41, 5.74) is 1.29. The molecule has 1 aliphatic heterocycles. The maximum absolute atomic E-state index is 13.7. The molecule has 3 amide bonds. The molecule has 3 heterocycles. The summed E-state index contributed by atoms with van der Waals surface area (Å²) in [4.78, 5) is 52.4. The second-order valence-corrected chi connectivity index (χ2v) is 25.6. The van der Waals surface area contributed by atoms with Crippen LogP contribution >= 0.6 is 22.6 Å². The minimum atomic E-state index is -2.81. The van der Waals surface area contributed by atoms with E-state index < -0.39 is 43.8 Å². The second kappa shape index (κ2) is 22.1. The molecule has 18 heteroatoms. The van der Waals surface area contributed by atoms with Gasteiger partial charge < -0.3 is 33.6 Å². The van der Waals surface area contributed by atoms with E-state index in [-0.39, 0.29) is 43.2 Å². The number of methoxy groups -OCH3 is 2. The fourth-order valence-electron chi connectivity index (χ4n) is 8.77. The number of fused-ring (bicyclic) bond motifs is 1. The number of aromatic nitrogens is 4. The monoisotopic (exact) mass is 1080 g/mol. The van der Waals surface area contributed by atoms with Gasteiger partial charge in [-0.05, 0) is 104 Å². The number of carbonyl (C=O) groups excluding carboxylic acids is 3. The van der Waals surface area contributed by atoms with Crippen LogP contribution in [0.15, 0.2) is 78.9 Å². The van der Waals surface area contributed by atoms with Crippen molar-refractivity contribution in [2.45, 2.75) is 123 Å². The Bertz CT molecular complexity index is 2520. The standard InChI is InChI=1S/C51H69IN8O8Si/c1-13-20-36(27-30-66-69(51(8,9)10,37-21-16-14-17-22-37)38-23-18-15-19-24-38)53-44-42-41(54-45(55-44)56-46(61)65-12)43(52)57-60(42)32-35-26-25-34(31-40(35)64-11)39-33-58(47(62)67-49(2,3)4)28-29-59(39)48(63)68-50(5,6)7/h14-19,21-26,31,36,39H,13,20,27-30,32-33H2,1-12H3,(H2,53,54,55,56,61)/t36-,39?/m0/s1. The number of halogens is 1. The molecule has 1 fully saturated rings. The largest absolute Gasteiger partial charge is 0.496 e. The lowest BCUT2D eigenvalue weighted by atomic mass is 10.00. The zero-order valence-corrected chi connectivity index (χ0v) is 45.3. The van der Waals surface area contributed by atoms with E-state index in [1.807, 2.05) is 76.6 Å². The number of hydrogen-bond acceptors (Lipinski definition) is 12. The van der Waals surface area contributed by atoms with Crippen LogP contribution < -0.4 is 25.7 Å². The molecule has 6 rings (SSSR count). The number of piperazine rings is 1. The van der Waals surface area contributed by atoms with Gasteiger partial charge >= 0.3 is 18.3 Å². The topological polar surface area (TPSA) is 171 Å². The van der Waals surface area contributed by atoms with E-state index in [4.69, 9.17) is 38.4 Å². The lowest BCUT2D eigenvalue weighted by Crippen LogP contribution is -2.66. The highest BCUT2D eigenvalue weighted by atomic mass is 127. The first-order valence-electron chi connectivity index (χ1n) is 23.5. The third-order valence-electron chi connectivity index (χ3n) is 11.8. The summed E-state index contributed by atoms with van der Waals surface area (Å²) in [5, 5.41) is 13.6. The van der Waals surface area contributed by atoms with Crippen LogP contribution in [-0.4, -0.2) is 114 Å². The molecule has 2 N–H and O–H groups in total. The van der Waals surface area contributed by atoms with Gasteiger partial charge in [-0.25, -0.2) is 19.4 Å². The molecule has 1 saturated heterocycles. The van der Waals surface area contributed by atoms with Gasteiger partial charge in [0, 0.05) is 37.8 Å². The first-order chi connectivity index (χ1) is 32.6. The lowest BCUT2D eigenvalue weighted by molar-refractivity contribution is -0.0152. The summed E-state index contributed by atoms with van der Waals surface area (Å²) in [7, 11) is 0.0773. The Balaban J connectivity index is 1.35. The second-order valence-electron chi connectivity index (χ2n) is 20.3. The Labute approximate surface area is 421 Å². The molecule has 3 aromatic carbocycles. The Kier molecular flexibility index (Phi) is 16.9. The van der Waals surface area contributed by atoms with Crippen LogP contribution in [0.3, 0.4) is 0 Å². The SMILES string of the molecule is CCC[C@@H](CCO[Si](c1ccccc1)(c1ccccc1)C(C)(C)C)Nc1nc(NC(=O)OC)nc2c(I)nn(Cc3ccc(C4CN(C(=O)OC(C)(C)C)CCN4C(=O)OC(C)(C)C)cc3OC)c12. The molecule has 1 aliphatic rings. The average Bonchev–Trinajstić information content (AvgIpc) is 3.60. The summed E-state index contributed by atoms with van der Waals surface area (Å²) in [6.07, 6.45) is 0.729. The van der Waals surface area contributed by atoms with Crippen molar-refractivity contribution < 1.29 is 37.8 Å². The van der Waals surface area contributed by atoms with E-state index in [1.165, 1.54) is 17.5 Å². The molecule has 372 valence electrons. The van der Waals surface area contributed by atoms with Crippen LogP contribution in [0.1, 0.15) is 106 Å². The fraction of sp³-hybridized carbons (Fsp3) is 0.490. The van der Waals surface area contributed by atoms with Crippen molar-refractivity contribution in [2.24, 2.45) is 0 Å². The molecule has 2 atom stereocenters. The average molecular weight is 1080 g/mol. The Morgan fingerprint density at radius 1 is 0.826 bits per heavy atom. The van der Waals surface area contributed by atoms with Gasteiger partial charge in [0.15, 0.2) is 5.82 Å².